The Morgan fingerprint density at radius 1 is 0.841 bits per heavy atom. The Kier molecular flexibility index (Phi) is 9.36. The number of carbonyl (C=O) groups is 2. The number of alkyl halides is 6. The highest BCUT2D eigenvalue weighted by Gasteiger charge is 2.37. The summed E-state index contributed by atoms with van der Waals surface area (Å²) in [6.45, 7) is 2.15. The van der Waals surface area contributed by atoms with Crippen LogP contribution in [0.5, 0.6) is 11.5 Å². The van der Waals surface area contributed by atoms with Gasteiger partial charge >= 0.3 is 24.4 Å². The van der Waals surface area contributed by atoms with Crippen LogP contribution in [0.2, 0.25) is 0 Å². The minimum atomic E-state index is -4.53. The Balaban J connectivity index is 1.28. The average molecular weight is 625 g/mol. The van der Waals surface area contributed by atoms with E-state index in [1.807, 2.05) is 0 Å². The van der Waals surface area contributed by atoms with E-state index in [1.165, 1.54) is 19.1 Å². The van der Waals surface area contributed by atoms with Crippen LogP contribution in [-0.4, -0.2) is 58.7 Å². The summed E-state index contributed by atoms with van der Waals surface area (Å²) in [4.78, 5) is 27.8. The molecule has 3 aromatic carbocycles. The maximum atomic E-state index is 12.8. The summed E-state index contributed by atoms with van der Waals surface area (Å²) in [5, 5.41) is 9.79. The van der Waals surface area contributed by atoms with Gasteiger partial charge in [-0.05, 0) is 66.6 Å². The van der Waals surface area contributed by atoms with Gasteiger partial charge in [-0.2, -0.15) is 26.3 Å². The predicted molar refractivity (Wildman–Crippen MR) is 147 cm³/mol. The molecule has 1 heterocycles. The van der Waals surface area contributed by atoms with Crippen LogP contribution in [-0.2, 0) is 30.1 Å². The highest BCUT2D eigenvalue weighted by atomic mass is 19.4. The molecule has 0 aliphatic carbocycles. The van der Waals surface area contributed by atoms with Crippen molar-refractivity contribution in [2.24, 2.45) is 0 Å². The molecule has 0 radical (unpaired) electrons. The molecule has 2 atom stereocenters. The van der Waals surface area contributed by atoms with Gasteiger partial charge in [-0.1, -0.05) is 24.3 Å². The molecule has 0 aromatic heterocycles. The van der Waals surface area contributed by atoms with Crippen LogP contribution in [0.1, 0.15) is 35.6 Å². The number of ether oxygens (including phenoxy) is 2. The minimum absolute atomic E-state index is 0.0175. The molecule has 44 heavy (non-hydrogen) atoms. The topological polar surface area (TPSA) is 79.3 Å². The largest absolute Gasteiger partial charge is 0.494 e. The van der Waals surface area contributed by atoms with Crippen LogP contribution >= 0.6 is 0 Å². The molecule has 3 aromatic rings. The van der Waals surface area contributed by atoms with Crippen LogP contribution in [0, 0.1) is 0 Å². The number of carboxylic acid groups (broad SMARTS) is 1. The van der Waals surface area contributed by atoms with E-state index in [4.69, 9.17) is 9.47 Å². The van der Waals surface area contributed by atoms with Gasteiger partial charge in [-0.15, -0.1) is 0 Å². The van der Waals surface area contributed by atoms with Gasteiger partial charge in [0.2, 0.25) is 5.60 Å². The van der Waals surface area contributed by atoms with Gasteiger partial charge in [0.15, 0.2) is 0 Å². The number of hydrogen-bond donors (Lipinski definition) is 1. The molecule has 0 bridgehead atoms. The molecule has 1 saturated heterocycles. The normalized spacial score (nSPS) is 17.0. The number of aliphatic carboxylic acids is 1. The van der Waals surface area contributed by atoms with E-state index in [1.54, 1.807) is 41.1 Å². The first-order valence-corrected chi connectivity index (χ1v) is 13.5. The van der Waals surface area contributed by atoms with Crippen LogP contribution in [0.3, 0.4) is 0 Å². The lowest BCUT2D eigenvalue weighted by Crippen LogP contribution is -2.43. The Morgan fingerprint density at radius 3 is 1.86 bits per heavy atom. The monoisotopic (exact) mass is 624 g/mol. The maximum absolute atomic E-state index is 12.8. The van der Waals surface area contributed by atoms with Crippen molar-refractivity contribution in [3.8, 4) is 11.5 Å². The fourth-order valence-corrected chi connectivity index (χ4v) is 4.80. The SMILES string of the molecule is CN1C(=O)N(Cc2ccc(C(F)(F)F)cc2)C[C@@H]1CCOc1ccc(C[C@](C)(Oc2ccc(C(F)(F)F)cc2)C(=O)O)cc1. The second-order valence-corrected chi connectivity index (χ2v) is 10.7. The molecule has 1 aliphatic heterocycles. The van der Waals surface area contributed by atoms with E-state index in [-0.39, 0.29) is 37.4 Å². The highest BCUT2D eigenvalue weighted by Crippen LogP contribution is 2.32. The third kappa shape index (κ3) is 7.94. The van der Waals surface area contributed by atoms with Crippen LogP contribution in [0.25, 0.3) is 0 Å². The lowest BCUT2D eigenvalue weighted by molar-refractivity contribution is -0.153. The smallest absolute Gasteiger partial charge is 0.416 e. The second-order valence-electron chi connectivity index (χ2n) is 10.7. The van der Waals surface area contributed by atoms with Gasteiger partial charge in [-0.25, -0.2) is 9.59 Å². The van der Waals surface area contributed by atoms with E-state index in [2.05, 4.69) is 0 Å². The number of nitrogens with zero attached hydrogens (tertiary/aromatic N) is 2. The highest BCUT2D eigenvalue weighted by molar-refractivity contribution is 5.78. The summed E-state index contributed by atoms with van der Waals surface area (Å²) in [7, 11) is 1.65. The number of halogens is 6. The lowest BCUT2D eigenvalue weighted by atomic mass is 9.96. The van der Waals surface area contributed by atoms with Gasteiger partial charge in [0.05, 0.1) is 23.8 Å². The Hall–Kier alpha value is -4.42. The van der Waals surface area contributed by atoms with E-state index in [9.17, 15) is 41.0 Å². The van der Waals surface area contributed by atoms with Gasteiger partial charge in [0.25, 0.3) is 0 Å². The molecular formula is C31H30F6N2O5. The summed E-state index contributed by atoms with van der Waals surface area (Å²) < 4.78 is 88.4. The third-order valence-corrected chi connectivity index (χ3v) is 7.37. The number of rotatable bonds is 11. The first-order valence-electron chi connectivity index (χ1n) is 13.5. The van der Waals surface area contributed by atoms with Crippen molar-refractivity contribution in [3.63, 3.8) is 0 Å². The van der Waals surface area contributed by atoms with Gasteiger partial charge in [0, 0.05) is 33.0 Å². The number of carboxylic acids is 1. The molecule has 7 nitrogen and oxygen atoms in total. The second kappa shape index (κ2) is 12.7. The zero-order valence-electron chi connectivity index (χ0n) is 23.8. The van der Waals surface area contributed by atoms with Crippen molar-refractivity contribution >= 4 is 12.0 Å². The molecule has 0 saturated carbocycles. The summed E-state index contributed by atoms with van der Waals surface area (Å²) in [5.74, 6) is -0.806. The van der Waals surface area contributed by atoms with Crippen molar-refractivity contribution in [1.29, 1.82) is 0 Å². The molecule has 0 spiro atoms. The molecule has 1 N–H and O–H groups in total. The van der Waals surface area contributed by atoms with Crippen LogP contribution in [0.4, 0.5) is 31.1 Å². The van der Waals surface area contributed by atoms with Crippen molar-refractivity contribution < 1.29 is 50.5 Å². The Labute approximate surface area is 249 Å². The molecule has 2 amide bonds. The van der Waals surface area contributed by atoms with E-state index < -0.39 is 35.0 Å². The molecule has 1 aliphatic rings. The van der Waals surface area contributed by atoms with Crippen molar-refractivity contribution in [2.75, 3.05) is 20.2 Å². The maximum Gasteiger partial charge on any atom is 0.416 e. The molecular weight excluding hydrogens is 594 g/mol. The summed E-state index contributed by atoms with van der Waals surface area (Å²) in [6.07, 6.45) is -8.54. The van der Waals surface area contributed by atoms with Gasteiger partial charge in [0.1, 0.15) is 11.5 Å². The number of likely N-dealkylation sites (N-methyl/N-ethyl adjacent to an activating group) is 1. The standard InChI is InChI=1S/C31H30F6N2O5/c1-29(27(40)41,44-26-13-9-23(10-14-26)31(35,36)37)17-20-5-11-25(12-6-20)43-16-15-24-19-39(28(42)38(24)2)18-21-3-7-22(8-4-21)30(32,33)34/h3-14,24H,15-19H2,1-2H3,(H,40,41)/t24-,29-/m0/s1. The number of urea groups is 1. The lowest BCUT2D eigenvalue weighted by Gasteiger charge is -2.27. The number of hydrogen-bond acceptors (Lipinski definition) is 4. The summed E-state index contributed by atoms with van der Waals surface area (Å²) in [6, 6.07) is 14.7. The van der Waals surface area contributed by atoms with E-state index in [0.717, 1.165) is 36.4 Å². The molecule has 4 rings (SSSR count). The fraction of sp³-hybridized carbons (Fsp3) is 0.355. The first kappa shape index (κ1) is 32.5. The van der Waals surface area contributed by atoms with Crippen molar-refractivity contribution in [3.05, 3.63) is 95.1 Å². The fourth-order valence-electron chi connectivity index (χ4n) is 4.80. The quantitative estimate of drug-likeness (QED) is 0.235. The zero-order valence-corrected chi connectivity index (χ0v) is 23.8. The first-order chi connectivity index (χ1) is 20.5. The van der Waals surface area contributed by atoms with Gasteiger partial charge < -0.3 is 24.4 Å². The Morgan fingerprint density at radius 2 is 1.34 bits per heavy atom. The summed E-state index contributed by atoms with van der Waals surface area (Å²) >= 11 is 0. The number of amides is 2. The number of carbonyl (C=O) groups excluding carboxylic acids is 1. The zero-order chi connectivity index (χ0) is 32.3. The van der Waals surface area contributed by atoms with Crippen molar-refractivity contribution in [2.45, 2.75) is 50.3 Å². The minimum Gasteiger partial charge on any atom is -0.494 e. The van der Waals surface area contributed by atoms with Gasteiger partial charge in [-0.3, -0.25) is 0 Å². The summed E-state index contributed by atoms with van der Waals surface area (Å²) in [5.41, 5.74) is -2.21. The van der Waals surface area contributed by atoms with E-state index in [0.29, 0.717) is 29.8 Å². The molecule has 13 heteroatoms. The van der Waals surface area contributed by atoms with Crippen molar-refractivity contribution in [1.82, 2.24) is 9.80 Å². The van der Waals surface area contributed by atoms with Crippen LogP contribution < -0.4 is 9.47 Å². The molecule has 1 fully saturated rings. The third-order valence-electron chi connectivity index (χ3n) is 7.37. The Bertz CT molecular complexity index is 1440. The molecule has 0 unspecified atom stereocenters. The van der Waals surface area contributed by atoms with E-state index >= 15 is 0 Å². The molecule has 236 valence electrons. The average Bonchev–Trinajstić information content (AvgIpc) is 3.21. The predicted octanol–water partition coefficient (Wildman–Crippen LogP) is 6.89. The number of benzene rings is 3. The van der Waals surface area contributed by atoms with Crippen LogP contribution in [0.15, 0.2) is 72.8 Å².